The standard InChI is InChI=1S/C16H17NO2S/c1-8(2)19-16(18)14-13-11-6-9(3)4-5-10(11)7-12(13)20-15(14)17/h4-6,8H,7,17H2,1-3H3. The van der Waals surface area contributed by atoms with Crippen molar-refractivity contribution in [3.05, 3.63) is 39.8 Å². The van der Waals surface area contributed by atoms with Crippen molar-refractivity contribution in [1.82, 2.24) is 0 Å². The minimum Gasteiger partial charge on any atom is -0.459 e. The topological polar surface area (TPSA) is 52.3 Å². The molecule has 1 heterocycles. The van der Waals surface area contributed by atoms with Crippen LogP contribution in [0.15, 0.2) is 18.2 Å². The summed E-state index contributed by atoms with van der Waals surface area (Å²) in [6.45, 7) is 5.75. The monoisotopic (exact) mass is 287 g/mol. The summed E-state index contributed by atoms with van der Waals surface area (Å²) < 4.78 is 5.33. The van der Waals surface area contributed by atoms with Gasteiger partial charge in [-0.3, -0.25) is 0 Å². The van der Waals surface area contributed by atoms with Crippen molar-refractivity contribution < 1.29 is 9.53 Å². The average molecular weight is 287 g/mol. The summed E-state index contributed by atoms with van der Waals surface area (Å²) in [6.07, 6.45) is 0.713. The Labute approximate surface area is 122 Å². The van der Waals surface area contributed by atoms with Crippen LogP contribution >= 0.6 is 11.3 Å². The van der Waals surface area contributed by atoms with Crippen LogP contribution in [0.5, 0.6) is 0 Å². The smallest absolute Gasteiger partial charge is 0.342 e. The number of nitrogen functional groups attached to an aromatic ring is 1. The number of ether oxygens (including phenoxy) is 1. The Morgan fingerprint density at radius 2 is 2.15 bits per heavy atom. The largest absolute Gasteiger partial charge is 0.459 e. The first-order valence-corrected chi connectivity index (χ1v) is 7.51. The zero-order valence-electron chi connectivity index (χ0n) is 11.8. The second kappa shape index (κ2) is 4.63. The van der Waals surface area contributed by atoms with Gasteiger partial charge in [-0.05, 0) is 31.9 Å². The number of rotatable bonds is 2. The van der Waals surface area contributed by atoms with E-state index in [2.05, 4.69) is 25.1 Å². The Morgan fingerprint density at radius 1 is 1.40 bits per heavy atom. The fourth-order valence-electron chi connectivity index (χ4n) is 2.63. The first-order valence-electron chi connectivity index (χ1n) is 6.69. The van der Waals surface area contributed by atoms with Gasteiger partial charge in [-0.1, -0.05) is 23.8 Å². The summed E-state index contributed by atoms with van der Waals surface area (Å²) in [4.78, 5) is 13.5. The van der Waals surface area contributed by atoms with Crippen molar-refractivity contribution in [2.45, 2.75) is 33.3 Å². The van der Waals surface area contributed by atoms with Crippen molar-refractivity contribution in [3.63, 3.8) is 0 Å². The predicted molar refractivity (Wildman–Crippen MR) is 82.3 cm³/mol. The van der Waals surface area contributed by atoms with Crippen LogP contribution in [-0.4, -0.2) is 12.1 Å². The predicted octanol–water partition coefficient (Wildman–Crippen LogP) is 3.78. The van der Waals surface area contributed by atoms with Crippen LogP contribution in [0.2, 0.25) is 0 Å². The van der Waals surface area contributed by atoms with E-state index >= 15 is 0 Å². The van der Waals surface area contributed by atoms with E-state index in [-0.39, 0.29) is 12.1 Å². The molecule has 3 rings (SSSR count). The average Bonchev–Trinajstić information content (AvgIpc) is 2.82. The van der Waals surface area contributed by atoms with Crippen molar-refractivity contribution in [1.29, 1.82) is 0 Å². The highest BCUT2D eigenvalue weighted by molar-refractivity contribution is 7.17. The molecule has 0 saturated heterocycles. The van der Waals surface area contributed by atoms with Crippen molar-refractivity contribution in [2.75, 3.05) is 5.73 Å². The van der Waals surface area contributed by atoms with Gasteiger partial charge in [-0.15, -0.1) is 11.3 Å². The third-order valence-electron chi connectivity index (χ3n) is 3.44. The highest BCUT2D eigenvalue weighted by atomic mass is 32.1. The van der Waals surface area contributed by atoms with E-state index in [9.17, 15) is 4.79 Å². The molecule has 0 bridgehead atoms. The van der Waals surface area contributed by atoms with Crippen LogP contribution in [0, 0.1) is 6.92 Å². The summed E-state index contributed by atoms with van der Waals surface area (Å²) in [6, 6.07) is 6.36. The van der Waals surface area contributed by atoms with Crippen LogP contribution < -0.4 is 5.73 Å². The van der Waals surface area contributed by atoms with Gasteiger partial charge < -0.3 is 10.5 Å². The van der Waals surface area contributed by atoms with E-state index in [0.29, 0.717) is 10.6 Å². The van der Waals surface area contributed by atoms with E-state index in [1.54, 1.807) is 0 Å². The number of nitrogens with two attached hydrogens (primary N) is 1. The van der Waals surface area contributed by atoms with Crippen LogP contribution in [-0.2, 0) is 11.2 Å². The number of hydrogen-bond donors (Lipinski definition) is 1. The number of esters is 1. The lowest BCUT2D eigenvalue weighted by molar-refractivity contribution is 0.0380. The molecule has 2 N–H and O–H groups in total. The molecular formula is C16H17NO2S. The molecule has 1 aromatic heterocycles. The normalized spacial score (nSPS) is 12.4. The summed E-state index contributed by atoms with van der Waals surface area (Å²) >= 11 is 1.50. The van der Waals surface area contributed by atoms with Gasteiger partial charge in [0, 0.05) is 16.9 Å². The number of fused-ring (bicyclic) bond motifs is 3. The summed E-state index contributed by atoms with van der Waals surface area (Å²) in [5, 5.41) is 0.563. The number of hydrogen-bond acceptors (Lipinski definition) is 4. The second-order valence-corrected chi connectivity index (χ2v) is 6.57. The lowest BCUT2D eigenvalue weighted by atomic mass is 10.0. The fourth-order valence-corrected chi connectivity index (χ4v) is 3.73. The minimum atomic E-state index is -0.315. The Morgan fingerprint density at radius 3 is 2.85 bits per heavy atom. The van der Waals surface area contributed by atoms with Crippen LogP contribution in [0.25, 0.3) is 11.1 Å². The van der Waals surface area contributed by atoms with Crippen LogP contribution in [0.3, 0.4) is 0 Å². The summed E-state index contributed by atoms with van der Waals surface area (Å²) in [5.74, 6) is -0.315. The van der Waals surface area contributed by atoms with Gasteiger partial charge in [-0.25, -0.2) is 4.79 Å². The quantitative estimate of drug-likeness (QED) is 0.730. The molecule has 2 aromatic rings. The van der Waals surface area contributed by atoms with E-state index in [0.717, 1.165) is 17.5 Å². The number of carbonyl (C=O) groups excluding carboxylic acids is 1. The second-order valence-electron chi connectivity index (χ2n) is 5.43. The molecule has 0 atom stereocenters. The number of aryl methyl sites for hydroxylation is 1. The number of benzene rings is 1. The molecule has 1 aromatic carbocycles. The van der Waals surface area contributed by atoms with Gasteiger partial charge in [0.1, 0.15) is 10.6 Å². The number of carbonyl (C=O) groups is 1. The minimum absolute atomic E-state index is 0.143. The molecule has 104 valence electrons. The molecule has 4 heteroatoms. The molecule has 1 aliphatic carbocycles. The lowest BCUT2D eigenvalue weighted by Crippen LogP contribution is -2.13. The molecular weight excluding hydrogens is 270 g/mol. The first kappa shape index (κ1) is 13.2. The Hall–Kier alpha value is -1.81. The summed E-state index contributed by atoms with van der Waals surface area (Å²) in [5.41, 5.74) is 11.1. The zero-order valence-corrected chi connectivity index (χ0v) is 12.6. The molecule has 0 radical (unpaired) electrons. The molecule has 20 heavy (non-hydrogen) atoms. The van der Waals surface area contributed by atoms with Crippen LogP contribution in [0.1, 0.15) is 40.2 Å². The SMILES string of the molecule is Cc1ccc2c(c1)-c1c(sc(N)c1C(=O)OC(C)C)C2. The van der Waals surface area contributed by atoms with Gasteiger partial charge in [0.05, 0.1) is 6.10 Å². The lowest BCUT2D eigenvalue weighted by Gasteiger charge is -2.10. The Balaban J connectivity index is 2.14. The van der Waals surface area contributed by atoms with E-state index < -0.39 is 0 Å². The first-order chi connectivity index (χ1) is 9.47. The molecule has 0 aliphatic heterocycles. The molecule has 0 amide bonds. The number of thiophene rings is 1. The molecule has 0 spiro atoms. The highest BCUT2D eigenvalue weighted by Gasteiger charge is 2.30. The maximum atomic E-state index is 12.3. The van der Waals surface area contributed by atoms with Crippen molar-refractivity contribution in [2.24, 2.45) is 0 Å². The summed E-state index contributed by atoms with van der Waals surface area (Å²) in [7, 11) is 0. The molecule has 0 fully saturated rings. The third kappa shape index (κ3) is 2.00. The molecule has 0 unspecified atom stereocenters. The van der Waals surface area contributed by atoms with Gasteiger partial charge in [0.25, 0.3) is 0 Å². The van der Waals surface area contributed by atoms with Crippen LogP contribution in [0.4, 0.5) is 5.00 Å². The van der Waals surface area contributed by atoms with Gasteiger partial charge in [0.15, 0.2) is 0 Å². The fraction of sp³-hybridized carbons (Fsp3) is 0.312. The van der Waals surface area contributed by atoms with Gasteiger partial charge >= 0.3 is 5.97 Å². The van der Waals surface area contributed by atoms with E-state index in [1.165, 1.54) is 27.3 Å². The van der Waals surface area contributed by atoms with E-state index in [4.69, 9.17) is 10.5 Å². The zero-order chi connectivity index (χ0) is 14.4. The highest BCUT2D eigenvalue weighted by Crippen LogP contribution is 2.46. The maximum Gasteiger partial charge on any atom is 0.342 e. The third-order valence-corrected chi connectivity index (χ3v) is 4.46. The Kier molecular flexibility index (Phi) is 3.05. The molecule has 3 nitrogen and oxygen atoms in total. The molecule has 0 saturated carbocycles. The van der Waals surface area contributed by atoms with E-state index in [1.807, 2.05) is 13.8 Å². The Bertz CT molecular complexity index is 701. The molecule has 1 aliphatic rings. The van der Waals surface area contributed by atoms with Gasteiger partial charge in [-0.2, -0.15) is 0 Å². The number of anilines is 1. The maximum absolute atomic E-state index is 12.3. The van der Waals surface area contributed by atoms with Crippen molar-refractivity contribution in [3.8, 4) is 11.1 Å². The van der Waals surface area contributed by atoms with Crippen molar-refractivity contribution >= 4 is 22.3 Å². The van der Waals surface area contributed by atoms with Gasteiger partial charge in [0.2, 0.25) is 0 Å².